The van der Waals surface area contributed by atoms with Crippen molar-refractivity contribution in [2.45, 2.75) is 4.90 Å². The van der Waals surface area contributed by atoms with Crippen LogP contribution in [-0.4, -0.2) is 27.7 Å². The summed E-state index contributed by atoms with van der Waals surface area (Å²) < 4.78 is 32.5. The van der Waals surface area contributed by atoms with E-state index in [-0.39, 0.29) is 12.1 Å². The lowest BCUT2D eigenvalue weighted by Gasteiger charge is -2.07. The zero-order chi connectivity index (χ0) is 15.0. The number of benzene rings is 1. The van der Waals surface area contributed by atoms with Crippen LogP contribution in [0.4, 0.5) is 17.1 Å². The van der Waals surface area contributed by atoms with Crippen LogP contribution in [0.25, 0.3) is 0 Å². The number of nitro groups is 3. The van der Waals surface area contributed by atoms with Crippen LogP contribution in [0, 0.1) is 30.3 Å². The summed E-state index contributed by atoms with van der Waals surface area (Å²) in [5.74, 6) is 0. The second kappa shape index (κ2) is 4.54. The summed E-state index contributed by atoms with van der Waals surface area (Å²) in [6, 6.07) is 0.329. The van der Waals surface area contributed by atoms with Crippen molar-refractivity contribution in [2.75, 3.05) is 0 Å². The lowest BCUT2D eigenvalue weighted by molar-refractivity contribution is -0.407. The molecule has 0 bridgehead atoms. The van der Waals surface area contributed by atoms with Gasteiger partial charge in [-0.3, -0.25) is 30.3 Å². The van der Waals surface area contributed by atoms with Gasteiger partial charge in [0.15, 0.2) is 0 Å². The molecule has 0 fully saturated rings. The SMILES string of the molecule is O=[N+]([O-])c1cc([N+](=O)[O-])c(S(=O)(=O)[O-])c([N+](=O)[O-])c1. The first-order chi connectivity index (χ1) is 8.55. The average Bonchev–Trinajstić information content (AvgIpc) is 2.25. The van der Waals surface area contributed by atoms with Crippen molar-refractivity contribution in [1.82, 2.24) is 0 Å². The van der Waals surface area contributed by atoms with Gasteiger partial charge in [0.05, 0.1) is 26.9 Å². The molecular formula is C6H2N3O9S-. The van der Waals surface area contributed by atoms with E-state index in [1.165, 1.54) is 0 Å². The average molecular weight is 292 g/mol. The van der Waals surface area contributed by atoms with Crippen molar-refractivity contribution in [3.05, 3.63) is 42.5 Å². The van der Waals surface area contributed by atoms with E-state index in [0.29, 0.717) is 0 Å². The topological polar surface area (TPSA) is 187 Å². The fraction of sp³-hybridized carbons (Fsp3) is 0. The summed E-state index contributed by atoms with van der Waals surface area (Å²) >= 11 is 0. The summed E-state index contributed by atoms with van der Waals surface area (Å²) in [6.45, 7) is 0. The van der Waals surface area contributed by atoms with E-state index in [0.717, 1.165) is 0 Å². The summed E-state index contributed by atoms with van der Waals surface area (Å²) in [5, 5.41) is 31.6. The van der Waals surface area contributed by atoms with Gasteiger partial charge in [-0.05, 0) is 0 Å². The highest BCUT2D eigenvalue weighted by Crippen LogP contribution is 2.36. The lowest BCUT2D eigenvalue weighted by Crippen LogP contribution is -2.08. The van der Waals surface area contributed by atoms with Gasteiger partial charge in [0.25, 0.3) is 5.69 Å². The monoisotopic (exact) mass is 292 g/mol. The van der Waals surface area contributed by atoms with Gasteiger partial charge in [0.2, 0.25) is 4.90 Å². The van der Waals surface area contributed by atoms with Crippen molar-refractivity contribution >= 4 is 27.2 Å². The van der Waals surface area contributed by atoms with Crippen molar-refractivity contribution in [3.8, 4) is 0 Å². The Kier molecular flexibility index (Phi) is 3.44. The second-order valence-electron chi connectivity index (χ2n) is 3.04. The van der Waals surface area contributed by atoms with Crippen LogP contribution in [0.5, 0.6) is 0 Å². The van der Waals surface area contributed by atoms with E-state index in [1.54, 1.807) is 0 Å². The van der Waals surface area contributed by atoms with Crippen molar-refractivity contribution < 1.29 is 27.7 Å². The second-order valence-corrected chi connectivity index (χ2v) is 4.36. The molecule has 12 nitrogen and oxygen atoms in total. The molecule has 19 heavy (non-hydrogen) atoms. The minimum atomic E-state index is -5.55. The third-order valence-corrected chi connectivity index (χ3v) is 2.81. The highest BCUT2D eigenvalue weighted by molar-refractivity contribution is 7.86. The molecule has 0 unspecified atom stereocenters. The van der Waals surface area contributed by atoms with E-state index in [9.17, 15) is 43.3 Å². The normalized spacial score (nSPS) is 11.0. The maximum absolute atomic E-state index is 10.8. The van der Waals surface area contributed by atoms with E-state index in [4.69, 9.17) is 0 Å². The van der Waals surface area contributed by atoms with Crippen molar-refractivity contribution in [2.24, 2.45) is 0 Å². The molecule has 0 atom stereocenters. The van der Waals surface area contributed by atoms with Gasteiger partial charge >= 0.3 is 11.4 Å². The molecule has 102 valence electrons. The third kappa shape index (κ3) is 2.78. The molecule has 0 N–H and O–H groups in total. The van der Waals surface area contributed by atoms with E-state index >= 15 is 0 Å². The Bertz CT molecular complexity index is 659. The summed E-state index contributed by atoms with van der Waals surface area (Å²) in [6.07, 6.45) is 0. The molecule has 0 saturated heterocycles. The zero-order valence-corrected chi connectivity index (χ0v) is 9.40. The smallest absolute Gasteiger partial charge is 0.300 e. The Balaban J connectivity index is 3.93. The van der Waals surface area contributed by atoms with Gasteiger partial charge in [0.1, 0.15) is 10.1 Å². The molecule has 0 heterocycles. The summed E-state index contributed by atoms with van der Waals surface area (Å²) in [5.41, 5.74) is -4.11. The number of nitrogens with zero attached hydrogens (tertiary/aromatic N) is 3. The van der Waals surface area contributed by atoms with Gasteiger partial charge in [0, 0.05) is 0 Å². The first-order valence-electron chi connectivity index (χ1n) is 4.13. The molecule has 0 aliphatic carbocycles. The maximum atomic E-state index is 10.8. The van der Waals surface area contributed by atoms with Gasteiger partial charge in [-0.1, -0.05) is 0 Å². The number of non-ortho nitro benzene ring substituents is 1. The van der Waals surface area contributed by atoms with Crippen LogP contribution in [0.2, 0.25) is 0 Å². The fourth-order valence-corrected chi connectivity index (χ4v) is 2.00. The third-order valence-electron chi connectivity index (χ3n) is 1.89. The number of hydrogen-bond acceptors (Lipinski definition) is 9. The van der Waals surface area contributed by atoms with Crippen LogP contribution in [0.1, 0.15) is 0 Å². The predicted octanol–water partition coefficient (Wildman–Crippen LogP) is 0.315. The van der Waals surface area contributed by atoms with E-state index < -0.39 is 46.8 Å². The van der Waals surface area contributed by atoms with Gasteiger partial charge in [-0.15, -0.1) is 0 Å². The Morgan fingerprint density at radius 2 is 1.21 bits per heavy atom. The van der Waals surface area contributed by atoms with Crippen LogP contribution in [0.3, 0.4) is 0 Å². The quantitative estimate of drug-likeness (QED) is 0.427. The Hall–Kier alpha value is -2.67. The maximum Gasteiger partial charge on any atom is 0.300 e. The Labute approximate surface area is 103 Å². The van der Waals surface area contributed by atoms with Crippen molar-refractivity contribution in [1.29, 1.82) is 0 Å². The molecule has 1 aromatic rings. The minimum absolute atomic E-state index is 0.164. The fourth-order valence-electron chi connectivity index (χ4n) is 1.22. The van der Waals surface area contributed by atoms with Crippen LogP contribution in [-0.2, 0) is 10.1 Å². The number of nitro benzene ring substituents is 3. The molecule has 1 aromatic carbocycles. The van der Waals surface area contributed by atoms with Gasteiger partial charge < -0.3 is 4.55 Å². The summed E-state index contributed by atoms with van der Waals surface area (Å²) in [7, 11) is -5.55. The lowest BCUT2D eigenvalue weighted by atomic mass is 10.2. The van der Waals surface area contributed by atoms with Crippen LogP contribution in [0.15, 0.2) is 17.0 Å². The summed E-state index contributed by atoms with van der Waals surface area (Å²) in [4.78, 5) is 25.8. The first-order valence-corrected chi connectivity index (χ1v) is 5.53. The molecule has 0 amide bonds. The van der Waals surface area contributed by atoms with E-state index in [1.807, 2.05) is 0 Å². The number of hydrogen-bond donors (Lipinski definition) is 0. The predicted molar refractivity (Wildman–Crippen MR) is 54.4 cm³/mol. The molecular weight excluding hydrogens is 290 g/mol. The minimum Gasteiger partial charge on any atom is -0.744 e. The molecule has 0 aliphatic heterocycles. The standard InChI is InChI=1S/C6H3N3O9S/c10-7(11)3-1-4(8(12)13)6(19(16,17)18)5(2-3)9(14)15/h1-2H,(H,16,17,18)/p-1. The Morgan fingerprint density at radius 3 is 1.42 bits per heavy atom. The first kappa shape index (κ1) is 14.4. The molecule has 0 saturated carbocycles. The molecule has 0 aliphatic rings. The largest absolute Gasteiger partial charge is 0.744 e. The van der Waals surface area contributed by atoms with E-state index in [2.05, 4.69) is 0 Å². The van der Waals surface area contributed by atoms with Crippen molar-refractivity contribution in [3.63, 3.8) is 0 Å². The highest BCUT2D eigenvalue weighted by atomic mass is 32.2. The molecule has 0 spiro atoms. The molecule has 13 heteroatoms. The highest BCUT2D eigenvalue weighted by Gasteiger charge is 2.34. The molecule has 1 rings (SSSR count). The van der Waals surface area contributed by atoms with Gasteiger partial charge in [-0.2, -0.15) is 0 Å². The molecule has 0 radical (unpaired) electrons. The number of rotatable bonds is 4. The zero-order valence-electron chi connectivity index (χ0n) is 8.58. The molecule has 0 aromatic heterocycles. The van der Waals surface area contributed by atoms with Crippen LogP contribution >= 0.6 is 0 Å². The Morgan fingerprint density at radius 1 is 0.842 bits per heavy atom. The van der Waals surface area contributed by atoms with Crippen LogP contribution < -0.4 is 0 Å². The van der Waals surface area contributed by atoms with Gasteiger partial charge in [-0.25, -0.2) is 8.42 Å².